The molecule has 0 atom stereocenters. The van der Waals surface area contributed by atoms with Crippen molar-refractivity contribution in [2.75, 3.05) is 0 Å². The van der Waals surface area contributed by atoms with E-state index in [0.717, 1.165) is 12.1 Å². The van der Waals surface area contributed by atoms with Gasteiger partial charge in [0, 0.05) is 18.3 Å². The average Bonchev–Trinajstić information content (AvgIpc) is 2.54. The van der Waals surface area contributed by atoms with E-state index >= 15 is 0 Å². The topological polar surface area (TPSA) is 50.2 Å². The van der Waals surface area contributed by atoms with E-state index in [1.807, 2.05) is 6.07 Å². The molecule has 0 saturated heterocycles. The molecule has 132 valence electrons. The summed E-state index contributed by atoms with van der Waals surface area (Å²) in [6.07, 6.45) is 4.58. The van der Waals surface area contributed by atoms with Gasteiger partial charge in [0.1, 0.15) is 0 Å². The number of aromatic carboxylic acids is 1. The predicted octanol–water partition coefficient (Wildman–Crippen LogP) is 5.03. The summed E-state index contributed by atoms with van der Waals surface area (Å²) in [5.41, 5.74) is 7.03. The minimum atomic E-state index is -0.937. The van der Waals surface area contributed by atoms with Crippen molar-refractivity contribution in [3.8, 4) is 0 Å². The lowest BCUT2D eigenvalue weighted by atomic mass is 9.62. The minimum Gasteiger partial charge on any atom is -0.478 e. The largest absolute Gasteiger partial charge is 0.478 e. The first-order chi connectivity index (χ1) is 11.6. The highest BCUT2D eigenvalue weighted by molar-refractivity contribution is 5.87. The molecule has 1 N–H and O–H groups in total. The molecule has 1 heterocycles. The van der Waals surface area contributed by atoms with E-state index in [0.29, 0.717) is 0 Å². The predicted molar refractivity (Wildman–Crippen MR) is 100 cm³/mol. The van der Waals surface area contributed by atoms with Crippen LogP contribution in [0.15, 0.2) is 30.5 Å². The second-order valence-corrected chi connectivity index (χ2v) is 8.61. The molecule has 1 aliphatic carbocycles. The first-order valence-corrected chi connectivity index (χ1v) is 8.93. The number of benzene rings is 1. The fourth-order valence-electron chi connectivity index (χ4n) is 3.81. The average molecular weight is 337 g/mol. The van der Waals surface area contributed by atoms with Gasteiger partial charge < -0.3 is 5.11 Å². The fourth-order valence-corrected chi connectivity index (χ4v) is 3.81. The summed E-state index contributed by atoms with van der Waals surface area (Å²) in [5.74, 6) is -0.937. The number of fused-ring (bicyclic) bond motifs is 1. The van der Waals surface area contributed by atoms with E-state index < -0.39 is 5.97 Å². The molecular weight excluding hydrogens is 310 g/mol. The van der Waals surface area contributed by atoms with Crippen molar-refractivity contribution in [3.05, 3.63) is 64.0 Å². The van der Waals surface area contributed by atoms with Crippen molar-refractivity contribution >= 4 is 5.97 Å². The van der Waals surface area contributed by atoms with Crippen LogP contribution in [-0.2, 0) is 17.3 Å². The first kappa shape index (κ1) is 17.7. The van der Waals surface area contributed by atoms with Gasteiger partial charge in [0.05, 0.1) is 5.56 Å². The first-order valence-electron chi connectivity index (χ1n) is 8.93. The van der Waals surface area contributed by atoms with Gasteiger partial charge in [-0.3, -0.25) is 4.98 Å². The second kappa shape index (κ2) is 5.98. The number of nitrogens with zero attached hydrogens (tertiary/aromatic N) is 1. The van der Waals surface area contributed by atoms with Gasteiger partial charge >= 0.3 is 5.97 Å². The quantitative estimate of drug-likeness (QED) is 0.855. The van der Waals surface area contributed by atoms with Crippen molar-refractivity contribution in [2.45, 2.75) is 64.7 Å². The molecule has 1 aromatic carbocycles. The highest BCUT2D eigenvalue weighted by Crippen LogP contribution is 2.46. The maximum atomic E-state index is 11.0. The number of aryl methyl sites for hydroxylation is 1. The zero-order chi connectivity index (χ0) is 18.4. The lowest BCUT2D eigenvalue weighted by Gasteiger charge is -2.42. The third-order valence-electron chi connectivity index (χ3n) is 5.75. The van der Waals surface area contributed by atoms with Crippen molar-refractivity contribution in [2.24, 2.45) is 0 Å². The van der Waals surface area contributed by atoms with Crippen molar-refractivity contribution < 1.29 is 9.90 Å². The van der Waals surface area contributed by atoms with E-state index in [1.165, 1.54) is 41.3 Å². The van der Waals surface area contributed by atoms with Gasteiger partial charge in [-0.2, -0.15) is 0 Å². The molecule has 3 nitrogen and oxygen atoms in total. The van der Waals surface area contributed by atoms with Crippen LogP contribution >= 0.6 is 0 Å². The van der Waals surface area contributed by atoms with Crippen LogP contribution in [0, 0.1) is 6.92 Å². The van der Waals surface area contributed by atoms with Crippen LogP contribution in [-0.4, -0.2) is 16.1 Å². The molecule has 0 unspecified atom stereocenters. The summed E-state index contributed by atoms with van der Waals surface area (Å²) in [4.78, 5) is 15.3. The molecule has 0 aliphatic heterocycles. The number of hydrogen-bond acceptors (Lipinski definition) is 2. The van der Waals surface area contributed by atoms with Gasteiger partial charge in [0.15, 0.2) is 0 Å². The van der Waals surface area contributed by atoms with Gasteiger partial charge in [-0.15, -0.1) is 0 Å². The number of pyridine rings is 1. The van der Waals surface area contributed by atoms with Crippen LogP contribution in [0.2, 0.25) is 0 Å². The van der Waals surface area contributed by atoms with Crippen LogP contribution in [0.25, 0.3) is 0 Å². The Kier molecular flexibility index (Phi) is 4.22. The number of rotatable bonds is 3. The van der Waals surface area contributed by atoms with Gasteiger partial charge in [0.25, 0.3) is 0 Å². The van der Waals surface area contributed by atoms with E-state index in [1.54, 1.807) is 6.07 Å². The van der Waals surface area contributed by atoms with Crippen LogP contribution in [0.5, 0.6) is 0 Å². The van der Waals surface area contributed by atoms with Crippen molar-refractivity contribution in [1.29, 1.82) is 0 Å². The molecule has 0 spiro atoms. The molecule has 0 fully saturated rings. The van der Waals surface area contributed by atoms with Gasteiger partial charge in [-0.25, -0.2) is 4.79 Å². The van der Waals surface area contributed by atoms with Crippen molar-refractivity contribution in [1.82, 2.24) is 4.98 Å². The SMILES string of the molecule is Cc1cc2c(cc1Cc1ccc(C(=O)O)cn1)C(C)(C)CCC2(C)C. The summed E-state index contributed by atoms with van der Waals surface area (Å²) in [6.45, 7) is 11.5. The highest BCUT2D eigenvalue weighted by Gasteiger charge is 2.37. The normalized spacial score (nSPS) is 17.8. The zero-order valence-corrected chi connectivity index (χ0v) is 15.8. The smallest absolute Gasteiger partial charge is 0.337 e. The standard InChI is InChI=1S/C22H27NO2/c1-14-10-18-19(22(4,5)9-8-21(18,2)3)12-16(14)11-17-7-6-15(13-23-17)20(24)25/h6-7,10,12-13H,8-9,11H2,1-5H3,(H,24,25). The maximum absolute atomic E-state index is 11.0. The van der Waals surface area contributed by atoms with Crippen LogP contribution < -0.4 is 0 Å². The van der Waals surface area contributed by atoms with Crippen molar-refractivity contribution in [3.63, 3.8) is 0 Å². The third kappa shape index (κ3) is 3.33. The third-order valence-corrected chi connectivity index (χ3v) is 5.75. The Bertz CT molecular complexity index is 817. The molecule has 3 heteroatoms. The summed E-state index contributed by atoms with van der Waals surface area (Å²) < 4.78 is 0. The number of hydrogen-bond donors (Lipinski definition) is 1. The summed E-state index contributed by atoms with van der Waals surface area (Å²) >= 11 is 0. The lowest BCUT2D eigenvalue weighted by molar-refractivity contribution is 0.0696. The Morgan fingerprint density at radius 1 is 1.08 bits per heavy atom. The van der Waals surface area contributed by atoms with E-state index in [9.17, 15) is 4.79 Å². The van der Waals surface area contributed by atoms with E-state index in [4.69, 9.17) is 5.11 Å². The molecule has 2 aromatic rings. The Balaban J connectivity index is 1.99. The lowest BCUT2D eigenvalue weighted by Crippen LogP contribution is -2.34. The number of aromatic nitrogens is 1. The molecule has 0 radical (unpaired) electrons. The molecule has 25 heavy (non-hydrogen) atoms. The summed E-state index contributed by atoms with van der Waals surface area (Å²) in [6, 6.07) is 8.17. The molecular formula is C22H27NO2. The molecule has 1 aromatic heterocycles. The Morgan fingerprint density at radius 2 is 1.68 bits per heavy atom. The Labute approximate surface area is 150 Å². The summed E-state index contributed by atoms with van der Waals surface area (Å²) in [7, 11) is 0. The van der Waals surface area contributed by atoms with E-state index in [-0.39, 0.29) is 16.4 Å². The number of carboxylic acids is 1. The monoisotopic (exact) mass is 337 g/mol. The van der Waals surface area contributed by atoms with E-state index in [2.05, 4.69) is 51.7 Å². The second-order valence-electron chi connectivity index (χ2n) is 8.61. The fraction of sp³-hybridized carbons (Fsp3) is 0.455. The summed E-state index contributed by atoms with van der Waals surface area (Å²) in [5, 5.41) is 9.01. The Hall–Kier alpha value is -2.16. The van der Waals surface area contributed by atoms with Crippen LogP contribution in [0.1, 0.15) is 78.8 Å². The number of carboxylic acid groups (broad SMARTS) is 1. The molecule has 0 bridgehead atoms. The minimum absolute atomic E-state index is 0.188. The van der Waals surface area contributed by atoms with Gasteiger partial charge in [-0.1, -0.05) is 39.8 Å². The molecule has 0 amide bonds. The zero-order valence-electron chi connectivity index (χ0n) is 15.8. The van der Waals surface area contributed by atoms with Gasteiger partial charge in [0.2, 0.25) is 0 Å². The van der Waals surface area contributed by atoms with Crippen LogP contribution in [0.3, 0.4) is 0 Å². The Morgan fingerprint density at radius 3 is 2.20 bits per heavy atom. The molecule has 3 rings (SSSR count). The number of carbonyl (C=O) groups is 1. The maximum Gasteiger partial charge on any atom is 0.337 e. The van der Waals surface area contributed by atoms with Crippen LogP contribution in [0.4, 0.5) is 0 Å². The van der Waals surface area contributed by atoms with Gasteiger partial charge in [-0.05, 0) is 65.0 Å². The molecule has 1 aliphatic rings. The highest BCUT2D eigenvalue weighted by atomic mass is 16.4. The molecule has 0 saturated carbocycles.